The Balaban J connectivity index is 1.43. The van der Waals surface area contributed by atoms with Crippen LogP contribution in [0, 0.1) is 6.92 Å². The number of benzene rings is 2. The summed E-state index contributed by atoms with van der Waals surface area (Å²) >= 11 is 6.07. The average Bonchev–Trinajstić information content (AvgIpc) is 2.92. The zero-order chi connectivity index (χ0) is 30.2. The van der Waals surface area contributed by atoms with Crippen LogP contribution in [0.1, 0.15) is 43.9 Å². The van der Waals surface area contributed by atoms with Crippen molar-refractivity contribution in [1.82, 2.24) is 19.9 Å². The molecule has 2 aromatic carbocycles. The molecule has 4 aromatic rings. The second kappa shape index (κ2) is 11.7. The summed E-state index contributed by atoms with van der Waals surface area (Å²) in [6, 6.07) is 13.1. The molecule has 0 unspecified atom stereocenters. The number of aromatic nitrogens is 3. The van der Waals surface area contributed by atoms with Gasteiger partial charge in [-0.25, -0.2) is 32.2 Å². The standard InChI is InChI=1S/C30H33ClF2N6O2S/c1-18-23(13-14-27(35-18)38-42(40,41)26-8-6-5-7-25(26)31)19-15-20-17-34-29(37-28(20)24(16-19)30(2,32)33)36-21-9-11-22(12-10-21)39(3)4/h5-8,13-17,21-22H,9-12H2,1-4H3,(H,35,38)(H,34,36,37). The number of pyridine rings is 1. The first-order valence-electron chi connectivity index (χ1n) is 13.7. The van der Waals surface area contributed by atoms with Gasteiger partial charge in [-0.15, -0.1) is 0 Å². The highest BCUT2D eigenvalue weighted by atomic mass is 35.5. The Kier molecular flexibility index (Phi) is 8.37. The summed E-state index contributed by atoms with van der Waals surface area (Å²) in [5.74, 6) is -2.76. The summed E-state index contributed by atoms with van der Waals surface area (Å²) in [5.41, 5.74) is 1.48. The summed E-state index contributed by atoms with van der Waals surface area (Å²) in [6.45, 7) is 2.53. The second-order valence-corrected chi connectivity index (χ2v) is 13.1. The molecule has 1 saturated carbocycles. The highest BCUT2D eigenvalue weighted by molar-refractivity contribution is 7.92. The number of rotatable bonds is 8. The van der Waals surface area contributed by atoms with Gasteiger partial charge in [0.25, 0.3) is 15.9 Å². The van der Waals surface area contributed by atoms with Crippen molar-refractivity contribution >= 4 is 44.3 Å². The van der Waals surface area contributed by atoms with Gasteiger partial charge in [-0.05, 0) is 88.7 Å². The topological polar surface area (TPSA) is 100 Å². The number of nitrogens with one attached hydrogen (secondary N) is 2. The van der Waals surface area contributed by atoms with Gasteiger partial charge in [-0.1, -0.05) is 23.7 Å². The molecule has 8 nitrogen and oxygen atoms in total. The minimum absolute atomic E-state index is 0.0744. The first-order valence-corrected chi connectivity index (χ1v) is 15.6. The van der Waals surface area contributed by atoms with Crippen LogP contribution in [0.15, 0.2) is 59.6 Å². The maximum absolute atomic E-state index is 14.9. The van der Waals surface area contributed by atoms with Gasteiger partial charge < -0.3 is 10.2 Å². The van der Waals surface area contributed by atoms with E-state index in [0.717, 1.165) is 32.6 Å². The van der Waals surface area contributed by atoms with E-state index in [2.05, 4.69) is 44.0 Å². The molecule has 0 radical (unpaired) electrons. The normalized spacial score (nSPS) is 17.9. The van der Waals surface area contributed by atoms with E-state index >= 15 is 0 Å². The highest BCUT2D eigenvalue weighted by Gasteiger charge is 2.30. The Morgan fingerprint density at radius 3 is 2.38 bits per heavy atom. The number of anilines is 2. The van der Waals surface area contributed by atoms with E-state index in [9.17, 15) is 17.2 Å². The molecule has 1 aliphatic carbocycles. The van der Waals surface area contributed by atoms with E-state index in [1.54, 1.807) is 37.4 Å². The lowest BCUT2D eigenvalue weighted by molar-refractivity contribution is 0.0189. The molecule has 0 bridgehead atoms. The van der Waals surface area contributed by atoms with Crippen LogP contribution in [0.5, 0.6) is 0 Å². The van der Waals surface area contributed by atoms with Gasteiger partial charge in [0.1, 0.15) is 10.7 Å². The van der Waals surface area contributed by atoms with Crippen LogP contribution in [-0.4, -0.2) is 54.4 Å². The van der Waals surface area contributed by atoms with Crippen molar-refractivity contribution in [3.05, 3.63) is 71.0 Å². The van der Waals surface area contributed by atoms with Gasteiger partial charge in [0, 0.05) is 47.4 Å². The monoisotopic (exact) mass is 614 g/mol. The van der Waals surface area contributed by atoms with Crippen LogP contribution in [0.25, 0.3) is 22.0 Å². The maximum Gasteiger partial charge on any atom is 0.272 e. The molecule has 2 aromatic heterocycles. The first kappa shape index (κ1) is 30.1. The van der Waals surface area contributed by atoms with E-state index in [1.807, 2.05) is 0 Å². The minimum Gasteiger partial charge on any atom is -0.351 e. The van der Waals surface area contributed by atoms with Crippen molar-refractivity contribution in [1.29, 1.82) is 0 Å². The summed E-state index contributed by atoms with van der Waals surface area (Å²) in [6.07, 6.45) is 5.57. The van der Waals surface area contributed by atoms with Crippen molar-refractivity contribution in [3.63, 3.8) is 0 Å². The fraction of sp³-hybridized carbons (Fsp3) is 0.367. The molecular formula is C30H33ClF2N6O2S. The molecule has 12 heteroatoms. The smallest absolute Gasteiger partial charge is 0.272 e. The molecule has 5 rings (SSSR count). The zero-order valence-corrected chi connectivity index (χ0v) is 25.4. The summed E-state index contributed by atoms with van der Waals surface area (Å²) in [5, 5.41) is 3.90. The first-order chi connectivity index (χ1) is 19.8. The molecule has 0 atom stereocenters. The molecule has 0 saturated heterocycles. The summed E-state index contributed by atoms with van der Waals surface area (Å²) < 4.78 is 58.0. The van der Waals surface area contributed by atoms with Crippen molar-refractivity contribution in [2.24, 2.45) is 0 Å². The summed E-state index contributed by atoms with van der Waals surface area (Å²) in [7, 11) is 0.186. The fourth-order valence-corrected chi connectivity index (χ4v) is 6.92. The predicted molar refractivity (Wildman–Crippen MR) is 163 cm³/mol. The van der Waals surface area contributed by atoms with Crippen molar-refractivity contribution in [2.75, 3.05) is 24.1 Å². The second-order valence-electron chi connectivity index (χ2n) is 11.0. The van der Waals surface area contributed by atoms with Gasteiger partial charge >= 0.3 is 0 Å². The Bertz CT molecular complexity index is 1720. The molecule has 0 aliphatic heterocycles. The molecule has 2 heterocycles. The van der Waals surface area contributed by atoms with E-state index in [0.29, 0.717) is 34.2 Å². The third-order valence-electron chi connectivity index (χ3n) is 7.68. The molecule has 42 heavy (non-hydrogen) atoms. The third-order valence-corrected chi connectivity index (χ3v) is 9.53. The fourth-order valence-electron chi connectivity index (χ4n) is 5.40. The molecule has 1 fully saturated rings. The molecule has 1 aliphatic rings. The molecule has 0 spiro atoms. The van der Waals surface area contributed by atoms with Crippen LogP contribution in [-0.2, 0) is 15.9 Å². The number of sulfonamides is 1. The third kappa shape index (κ3) is 6.48. The number of hydrogen-bond donors (Lipinski definition) is 2. The Morgan fingerprint density at radius 2 is 1.74 bits per heavy atom. The average molecular weight is 615 g/mol. The van der Waals surface area contributed by atoms with Gasteiger partial charge in [0.15, 0.2) is 0 Å². The number of alkyl halides is 2. The van der Waals surface area contributed by atoms with Crippen LogP contribution >= 0.6 is 11.6 Å². The minimum atomic E-state index is -3.98. The molecule has 2 N–H and O–H groups in total. The largest absolute Gasteiger partial charge is 0.351 e. The van der Waals surface area contributed by atoms with Crippen LogP contribution in [0.4, 0.5) is 20.5 Å². The lowest BCUT2D eigenvalue weighted by atomic mass is 9.90. The number of halogens is 3. The quantitative estimate of drug-likeness (QED) is 0.224. The van der Waals surface area contributed by atoms with Gasteiger partial charge in [0.05, 0.1) is 10.5 Å². The number of nitrogens with zero attached hydrogens (tertiary/aromatic N) is 4. The summed E-state index contributed by atoms with van der Waals surface area (Å²) in [4.78, 5) is 15.5. The van der Waals surface area contributed by atoms with Crippen molar-refractivity contribution in [3.8, 4) is 11.1 Å². The number of hydrogen-bond acceptors (Lipinski definition) is 7. The van der Waals surface area contributed by atoms with Gasteiger partial charge in [-0.2, -0.15) is 0 Å². The lowest BCUT2D eigenvalue weighted by Gasteiger charge is -2.33. The van der Waals surface area contributed by atoms with E-state index < -0.39 is 15.9 Å². The van der Waals surface area contributed by atoms with Crippen LogP contribution in [0.3, 0.4) is 0 Å². The Hall–Kier alpha value is -3.41. The zero-order valence-electron chi connectivity index (χ0n) is 23.8. The van der Waals surface area contributed by atoms with Crippen LogP contribution in [0.2, 0.25) is 5.02 Å². The SMILES string of the molecule is Cc1nc(NS(=O)(=O)c2ccccc2Cl)ccc1-c1cc(C(C)(F)F)c2nc(NC3CCC(N(C)C)CC3)ncc2c1. The Labute approximate surface area is 249 Å². The van der Waals surface area contributed by atoms with Gasteiger partial charge in [-0.3, -0.25) is 4.72 Å². The van der Waals surface area contributed by atoms with E-state index in [-0.39, 0.29) is 32.9 Å². The number of fused-ring (bicyclic) bond motifs is 1. The highest BCUT2D eigenvalue weighted by Crippen LogP contribution is 2.37. The Morgan fingerprint density at radius 1 is 1.02 bits per heavy atom. The molecule has 222 valence electrons. The predicted octanol–water partition coefficient (Wildman–Crippen LogP) is 6.85. The maximum atomic E-state index is 14.9. The molecular weight excluding hydrogens is 582 g/mol. The molecule has 0 amide bonds. The van der Waals surface area contributed by atoms with E-state index in [4.69, 9.17) is 11.6 Å². The van der Waals surface area contributed by atoms with Crippen molar-refractivity contribution < 1.29 is 17.2 Å². The van der Waals surface area contributed by atoms with Crippen LogP contribution < -0.4 is 10.0 Å². The van der Waals surface area contributed by atoms with Gasteiger partial charge in [0.2, 0.25) is 5.95 Å². The van der Waals surface area contributed by atoms with E-state index in [1.165, 1.54) is 24.3 Å². The lowest BCUT2D eigenvalue weighted by Crippen LogP contribution is -2.36. The van der Waals surface area contributed by atoms with Crippen molar-refractivity contribution in [2.45, 2.75) is 62.4 Å². The number of aryl methyl sites for hydroxylation is 1.